The van der Waals surface area contributed by atoms with E-state index >= 15 is 0 Å². The van der Waals surface area contributed by atoms with Crippen molar-refractivity contribution in [3.05, 3.63) is 30.1 Å². The maximum absolute atomic E-state index is 12.9. The summed E-state index contributed by atoms with van der Waals surface area (Å²) in [5.41, 5.74) is 2.13. The molecular formula is C20H29F3N6. The fourth-order valence-corrected chi connectivity index (χ4v) is 3.78. The van der Waals surface area contributed by atoms with Gasteiger partial charge >= 0.3 is 6.18 Å². The van der Waals surface area contributed by atoms with Gasteiger partial charge in [0.1, 0.15) is 11.9 Å². The van der Waals surface area contributed by atoms with Crippen molar-refractivity contribution in [2.75, 3.05) is 39.8 Å². The van der Waals surface area contributed by atoms with E-state index < -0.39 is 12.2 Å². The number of rotatable bonds is 5. The van der Waals surface area contributed by atoms with Gasteiger partial charge in [0, 0.05) is 46.3 Å². The van der Waals surface area contributed by atoms with Crippen LogP contribution in [0, 0.1) is 6.92 Å². The molecule has 0 saturated carbocycles. The third-order valence-electron chi connectivity index (χ3n) is 5.53. The third-order valence-corrected chi connectivity index (χ3v) is 5.53. The lowest BCUT2D eigenvalue weighted by atomic mass is 10.2. The van der Waals surface area contributed by atoms with Crippen molar-refractivity contribution in [1.82, 2.24) is 24.7 Å². The molecule has 0 spiro atoms. The molecule has 29 heavy (non-hydrogen) atoms. The van der Waals surface area contributed by atoms with Gasteiger partial charge in [-0.15, -0.1) is 0 Å². The minimum absolute atomic E-state index is 0.377. The first-order chi connectivity index (χ1) is 13.8. The molecule has 2 aromatic rings. The monoisotopic (exact) mass is 410 g/mol. The predicted octanol–water partition coefficient (Wildman–Crippen LogP) is 2.88. The number of hydrogen-bond donors (Lipinski definition) is 1. The van der Waals surface area contributed by atoms with Gasteiger partial charge in [-0.05, 0) is 32.4 Å². The number of benzene rings is 1. The fraction of sp³-hybridized carbons (Fsp3) is 0.600. The van der Waals surface area contributed by atoms with E-state index in [-0.39, 0.29) is 0 Å². The highest BCUT2D eigenvalue weighted by molar-refractivity contribution is 5.80. The van der Waals surface area contributed by atoms with E-state index in [4.69, 9.17) is 0 Å². The Hall–Kier alpha value is -2.29. The van der Waals surface area contributed by atoms with Gasteiger partial charge in [0.15, 0.2) is 5.96 Å². The van der Waals surface area contributed by atoms with Crippen LogP contribution in [-0.2, 0) is 6.54 Å². The number of piperazine rings is 1. The summed E-state index contributed by atoms with van der Waals surface area (Å²) in [4.78, 5) is 12.4. The summed E-state index contributed by atoms with van der Waals surface area (Å²) in [5.74, 6) is 1.74. The minimum Gasteiger partial charge on any atom is -0.356 e. The molecule has 6 nitrogen and oxygen atoms in total. The molecule has 1 unspecified atom stereocenters. The van der Waals surface area contributed by atoms with Crippen LogP contribution in [0.4, 0.5) is 13.2 Å². The Morgan fingerprint density at radius 1 is 1.21 bits per heavy atom. The van der Waals surface area contributed by atoms with Crippen LogP contribution >= 0.6 is 0 Å². The molecule has 1 N–H and O–H groups in total. The number of halogens is 3. The number of para-hydroxylation sites is 2. The van der Waals surface area contributed by atoms with E-state index in [0.29, 0.717) is 26.2 Å². The largest absolute Gasteiger partial charge is 0.403 e. The summed E-state index contributed by atoms with van der Waals surface area (Å²) < 4.78 is 40.9. The van der Waals surface area contributed by atoms with E-state index in [1.165, 1.54) is 11.8 Å². The van der Waals surface area contributed by atoms with Crippen molar-refractivity contribution in [2.24, 2.45) is 4.99 Å². The second-order valence-electron chi connectivity index (χ2n) is 7.37. The summed E-state index contributed by atoms with van der Waals surface area (Å²) in [7, 11) is 1.71. The van der Waals surface area contributed by atoms with Gasteiger partial charge in [-0.1, -0.05) is 12.1 Å². The highest BCUT2D eigenvalue weighted by atomic mass is 19.4. The first kappa shape index (κ1) is 21.4. The summed E-state index contributed by atoms with van der Waals surface area (Å²) >= 11 is 0. The lowest BCUT2D eigenvalue weighted by Crippen LogP contribution is -2.56. The molecule has 1 aromatic carbocycles. The SMILES string of the molecule is CN=C(NCCCn1c(C)nc2ccccc21)N1CCN(C(C)C(F)(F)F)CC1. The molecule has 0 bridgehead atoms. The Balaban J connectivity index is 1.47. The first-order valence-corrected chi connectivity index (χ1v) is 9.99. The molecule has 0 aliphatic carbocycles. The molecular weight excluding hydrogens is 381 g/mol. The highest BCUT2D eigenvalue weighted by Gasteiger charge is 2.41. The van der Waals surface area contributed by atoms with Crippen molar-refractivity contribution in [2.45, 2.75) is 39.0 Å². The van der Waals surface area contributed by atoms with Gasteiger partial charge in [0.05, 0.1) is 11.0 Å². The molecule has 9 heteroatoms. The lowest BCUT2D eigenvalue weighted by Gasteiger charge is -2.39. The quantitative estimate of drug-likeness (QED) is 0.468. The van der Waals surface area contributed by atoms with E-state index in [1.54, 1.807) is 7.05 Å². The Morgan fingerprint density at radius 2 is 1.90 bits per heavy atom. The number of guanidine groups is 1. The van der Waals surface area contributed by atoms with Crippen LogP contribution in [0.1, 0.15) is 19.2 Å². The first-order valence-electron chi connectivity index (χ1n) is 9.99. The molecule has 1 aliphatic heterocycles. The predicted molar refractivity (Wildman–Crippen MR) is 109 cm³/mol. The number of hydrogen-bond acceptors (Lipinski definition) is 3. The van der Waals surface area contributed by atoms with Crippen molar-refractivity contribution < 1.29 is 13.2 Å². The van der Waals surface area contributed by atoms with Crippen LogP contribution in [0.15, 0.2) is 29.3 Å². The molecule has 0 amide bonds. The van der Waals surface area contributed by atoms with Gasteiger partial charge in [-0.25, -0.2) is 4.98 Å². The molecule has 1 aromatic heterocycles. The molecule has 1 atom stereocenters. The van der Waals surface area contributed by atoms with Gasteiger partial charge in [0.25, 0.3) is 0 Å². The average molecular weight is 410 g/mol. The summed E-state index contributed by atoms with van der Waals surface area (Å²) in [6.07, 6.45) is -3.29. The smallest absolute Gasteiger partial charge is 0.356 e. The number of nitrogens with zero attached hydrogens (tertiary/aromatic N) is 5. The Morgan fingerprint density at radius 3 is 2.55 bits per heavy atom. The number of imidazole rings is 1. The van der Waals surface area contributed by atoms with E-state index in [2.05, 4.69) is 25.9 Å². The van der Waals surface area contributed by atoms with Gasteiger partial charge in [-0.2, -0.15) is 13.2 Å². The van der Waals surface area contributed by atoms with E-state index in [9.17, 15) is 13.2 Å². The number of alkyl halides is 3. The number of aromatic nitrogens is 2. The maximum Gasteiger partial charge on any atom is 0.403 e. The number of aryl methyl sites for hydroxylation is 2. The number of aliphatic imine (C=N–C) groups is 1. The molecule has 1 saturated heterocycles. The van der Waals surface area contributed by atoms with Crippen molar-refractivity contribution in [3.8, 4) is 0 Å². The van der Waals surface area contributed by atoms with Crippen LogP contribution < -0.4 is 5.32 Å². The molecule has 2 heterocycles. The van der Waals surface area contributed by atoms with Crippen molar-refractivity contribution in [1.29, 1.82) is 0 Å². The van der Waals surface area contributed by atoms with Crippen LogP contribution in [0.5, 0.6) is 0 Å². The lowest BCUT2D eigenvalue weighted by molar-refractivity contribution is -0.181. The number of fused-ring (bicyclic) bond motifs is 1. The standard InChI is InChI=1S/C20H29F3N6/c1-15(20(21,22)23)27-11-13-28(14-12-27)19(24-3)25-9-6-10-29-16(2)26-17-7-4-5-8-18(17)29/h4-5,7-8,15H,6,9-14H2,1-3H3,(H,24,25). The minimum atomic E-state index is -4.18. The van der Waals surface area contributed by atoms with Crippen LogP contribution in [0.2, 0.25) is 0 Å². The Kier molecular flexibility index (Phi) is 6.66. The summed E-state index contributed by atoms with van der Waals surface area (Å²) in [6.45, 7) is 6.63. The zero-order chi connectivity index (χ0) is 21.0. The van der Waals surface area contributed by atoms with E-state index in [0.717, 1.165) is 42.3 Å². The topological polar surface area (TPSA) is 48.7 Å². The van der Waals surface area contributed by atoms with Crippen molar-refractivity contribution >= 4 is 17.0 Å². The zero-order valence-electron chi connectivity index (χ0n) is 17.2. The van der Waals surface area contributed by atoms with Gasteiger partial charge in [0.2, 0.25) is 0 Å². The zero-order valence-corrected chi connectivity index (χ0v) is 17.2. The molecule has 0 radical (unpaired) electrons. The second kappa shape index (κ2) is 9.02. The van der Waals surface area contributed by atoms with Crippen molar-refractivity contribution in [3.63, 3.8) is 0 Å². The average Bonchev–Trinajstić information content (AvgIpc) is 3.02. The van der Waals surface area contributed by atoms with Crippen LogP contribution in [0.25, 0.3) is 11.0 Å². The highest BCUT2D eigenvalue weighted by Crippen LogP contribution is 2.25. The summed E-state index contributed by atoms with van der Waals surface area (Å²) in [5, 5.41) is 3.34. The second-order valence-corrected chi connectivity index (χ2v) is 7.37. The molecule has 3 rings (SSSR count). The number of nitrogens with one attached hydrogen (secondary N) is 1. The van der Waals surface area contributed by atoms with Crippen LogP contribution in [0.3, 0.4) is 0 Å². The van der Waals surface area contributed by atoms with Crippen LogP contribution in [-0.4, -0.2) is 77.3 Å². The maximum atomic E-state index is 12.9. The normalized spacial score (nSPS) is 17.7. The molecule has 1 aliphatic rings. The Bertz CT molecular complexity index is 836. The molecule has 1 fully saturated rings. The third kappa shape index (κ3) is 5.01. The fourth-order valence-electron chi connectivity index (χ4n) is 3.78. The van der Waals surface area contributed by atoms with Gasteiger partial charge < -0.3 is 14.8 Å². The summed E-state index contributed by atoms with van der Waals surface area (Å²) in [6, 6.07) is 6.67. The van der Waals surface area contributed by atoms with Gasteiger partial charge in [-0.3, -0.25) is 9.89 Å². The molecule has 160 valence electrons. The Labute approximate surface area is 169 Å². The van der Waals surface area contributed by atoms with E-state index in [1.807, 2.05) is 30.0 Å².